The average molecular weight is 344 g/mol. The molecule has 0 heterocycles. The molecule has 0 saturated carbocycles. The van der Waals surface area contributed by atoms with Gasteiger partial charge in [0.15, 0.2) is 0 Å². The van der Waals surface area contributed by atoms with Crippen molar-refractivity contribution in [2.45, 2.75) is 20.0 Å². The van der Waals surface area contributed by atoms with E-state index in [1.54, 1.807) is 0 Å². The maximum absolute atomic E-state index is 11.4. The summed E-state index contributed by atoms with van der Waals surface area (Å²) in [5, 5.41) is 10.2. The highest BCUT2D eigenvalue weighted by atomic mass is 79.9. The molecule has 0 fully saturated rings. The SMILES string of the molecule is CCN(CC(C)C(=O)OC)CC(O)c1ccc(Br)cc1. The van der Waals surface area contributed by atoms with Crippen molar-refractivity contribution in [2.75, 3.05) is 26.7 Å². The summed E-state index contributed by atoms with van der Waals surface area (Å²) in [4.78, 5) is 13.5. The minimum Gasteiger partial charge on any atom is -0.469 e. The molecule has 0 aliphatic rings. The topological polar surface area (TPSA) is 49.8 Å². The number of esters is 1. The Bertz CT molecular complexity index is 422. The van der Waals surface area contributed by atoms with Crippen LogP contribution in [0, 0.1) is 5.92 Å². The van der Waals surface area contributed by atoms with Gasteiger partial charge in [0.25, 0.3) is 0 Å². The minimum atomic E-state index is -0.562. The van der Waals surface area contributed by atoms with Crippen LogP contribution in [0.1, 0.15) is 25.5 Å². The van der Waals surface area contributed by atoms with Crippen molar-refractivity contribution in [3.8, 4) is 0 Å². The van der Waals surface area contributed by atoms with E-state index in [2.05, 4.69) is 15.9 Å². The summed E-state index contributed by atoms with van der Waals surface area (Å²) in [5.41, 5.74) is 0.873. The van der Waals surface area contributed by atoms with Gasteiger partial charge in [-0.05, 0) is 24.2 Å². The lowest BCUT2D eigenvalue weighted by Crippen LogP contribution is -2.35. The number of hydrogen-bond acceptors (Lipinski definition) is 4. The molecule has 112 valence electrons. The Morgan fingerprint density at radius 1 is 1.35 bits per heavy atom. The molecule has 0 saturated heterocycles. The molecule has 0 radical (unpaired) electrons. The number of aliphatic hydroxyl groups is 1. The highest BCUT2D eigenvalue weighted by Crippen LogP contribution is 2.18. The second kappa shape index (κ2) is 8.39. The second-order valence-electron chi connectivity index (χ2n) is 4.84. The lowest BCUT2D eigenvalue weighted by atomic mass is 10.1. The molecule has 0 bridgehead atoms. The van der Waals surface area contributed by atoms with Gasteiger partial charge in [0, 0.05) is 17.6 Å². The van der Waals surface area contributed by atoms with Crippen molar-refractivity contribution >= 4 is 21.9 Å². The molecule has 20 heavy (non-hydrogen) atoms. The van der Waals surface area contributed by atoms with Crippen molar-refractivity contribution in [1.82, 2.24) is 4.90 Å². The van der Waals surface area contributed by atoms with Crippen LogP contribution in [0.2, 0.25) is 0 Å². The number of halogens is 1. The van der Waals surface area contributed by atoms with Crippen molar-refractivity contribution in [2.24, 2.45) is 5.92 Å². The number of aliphatic hydroxyl groups excluding tert-OH is 1. The van der Waals surface area contributed by atoms with Crippen molar-refractivity contribution in [3.63, 3.8) is 0 Å². The van der Waals surface area contributed by atoms with E-state index in [0.29, 0.717) is 13.1 Å². The molecule has 2 unspecified atom stereocenters. The van der Waals surface area contributed by atoms with Crippen LogP contribution in [0.4, 0.5) is 0 Å². The molecule has 0 spiro atoms. The van der Waals surface area contributed by atoms with Gasteiger partial charge in [0.05, 0.1) is 19.1 Å². The monoisotopic (exact) mass is 343 g/mol. The molecule has 2 atom stereocenters. The molecule has 0 amide bonds. The summed E-state index contributed by atoms with van der Waals surface area (Å²) >= 11 is 3.37. The van der Waals surface area contributed by atoms with Gasteiger partial charge in [-0.1, -0.05) is 41.9 Å². The van der Waals surface area contributed by atoms with Gasteiger partial charge in [0.1, 0.15) is 0 Å². The lowest BCUT2D eigenvalue weighted by molar-refractivity contribution is -0.145. The lowest BCUT2D eigenvalue weighted by Gasteiger charge is -2.25. The number of ether oxygens (including phenoxy) is 1. The van der Waals surface area contributed by atoms with Crippen LogP contribution in [0.3, 0.4) is 0 Å². The number of carbonyl (C=O) groups is 1. The van der Waals surface area contributed by atoms with Crippen LogP contribution in [0.5, 0.6) is 0 Å². The Labute approximate surface area is 128 Å². The van der Waals surface area contributed by atoms with Crippen molar-refractivity contribution in [3.05, 3.63) is 34.3 Å². The van der Waals surface area contributed by atoms with Gasteiger partial charge in [-0.15, -0.1) is 0 Å². The smallest absolute Gasteiger partial charge is 0.309 e. The fourth-order valence-corrected chi connectivity index (χ4v) is 2.29. The maximum Gasteiger partial charge on any atom is 0.309 e. The highest BCUT2D eigenvalue weighted by Gasteiger charge is 2.19. The number of likely N-dealkylation sites (N-methyl/N-ethyl adjacent to an activating group) is 1. The average Bonchev–Trinajstić information content (AvgIpc) is 2.45. The molecule has 4 nitrogen and oxygen atoms in total. The summed E-state index contributed by atoms with van der Waals surface area (Å²) in [6, 6.07) is 7.61. The minimum absolute atomic E-state index is 0.197. The van der Waals surface area contributed by atoms with E-state index in [-0.39, 0.29) is 11.9 Å². The van der Waals surface area contributed by atoms with Gasteiger partial charge in [-0.2, -0.15) is 0 Å². The summed E-state index contributed by atoms with van der Waals surface area (Å²) < 4.78 is 5.71. The van der Waals surface area contributed by atoms with E-state index in [1.807, 2.05) is 43.0 Å². The first kappa shape index (κ1) is 17.1. The first-order valence-electron chi connectivity index (χ1n) is 6.71. The Morgan fingerprint density at radius 2 is 1.95 bits per heavy atom. The van der Waals surface area contributed by atoms with E-state index in [4.69, 9.17) is 4.74 Å². The molecular formula is C15H22BrNO3. The quantitative estimate of drug-likeness (QED) is 0.773. The first-order chi connectivity index (χ1) is 9.47. The molecule has 1 N–H and O–H groups in total. The number of carbonyl (C=O) groups excluding carboxylic acids is 1. The largest absolute Gasteiger partial charge is 0.469 e. The fourth-order valence-electron chi connectivity index (χ4n) is 2.03. The number of hydrogen-bond donors (Lipinski definition) is 1. The zero-order valence-electron chi connectivity index (χ0n) is 12.2. The van der Waals surface area contributed by atoms with Crippen molar-refractivity contribution in [1.29, 1.82) is 0 Å². The molecule has 1 rings (SSSR count). The van der Waals surface area contributed by atoms with Gasteiger partial charge < -0.3 is 9.84 Å². The summed E-state index contributed by atoms with van der Waals surface area (Å²) in [6.45, 7) is 5.70. The van der Waals surface area contributed by atoms with Gasteiger partial charge in [0.2, 0.25) is 0 Å². The highest BCUT2D eigenvalue weighted by molar-refractivity contribution is 9.10. The predicted octanol–water partition coefficient (Wildman–Crippen LogP) is 2.61. The van der Waals surface area contributed by atoms with Crippen LogP contribution in [0.15, 0.2) is 28.7 Å². The molecule has 0 aromatic heterocycles. The molecular weight excluding hydrogens is 322 g/mol. The van der Waals surface area contributed by atoms with E-state index in [9.17, 15) is 9.90 Å². The van der Waals surface area contributed by atoms with Crippen LogP contribution in [0.25, 0.3) is 0 Å². The maximum atomic E-state index is 11.4. The van der Waals surface area contributed by atoms with Crippen LogP contribution >= 0.6 is 15.9 Å². The van der Waals surface area contributed by atoms with Gasteiger partial charge >= 0.3 is 5.97 Å². The summed E-state index contributed by atoms with van der Waals surface area (Å²) in [7, 11) is 1.39. The standard InChI is InChI=1S/C15H22BrNO3/c1-4-17(9-11(2)15(19)20-3)10-14(18)12-5-7-13(16)8-6-12/h5-8,11,14,18H,4,9-10H2,1-3H3. The van der Waals surface area contributed by atoms with Crippen LogP contribution in [-0.4, -0.2) is 42.7 Å². The Morgan fingerprint density at radius 3 is 2.45 bits per heavy atom. The molecule has 1 aromatic rings. The van der Waals surface area contributed by atoms with Crippen LogP contribution < -0.4 is 0 Å². The summed E-state index contributed by atoms with van der Waals surface area (Å²) in [5.74, 6) is -0.418. The number of methoxy groups -OCH3 is 1. The molecule has 1 aromatic carbocycles. The number of benzene rings is 1. The number of rotatable bonds is 7. The molecule has 0 aliphatic carbocycles. The third-order valence-corrected chi connectivity index (χ3v) is 3.80. The van der Waals surface area contributed by atoms with Crippen molar-refractivity contribution < 1.29 is 14.6 Å². The van der Waals surface area contributed by atoms with E-state index in [0.717, 1.165) is 16.6 Å². The van der Waals surface area contributed by atoms with E-state index in [1.165, 1.54) is 7.11 Å². The zero-order valence-corrected chi connectivity index (χ0v) is 13.8. The van der Waals surface area contributed by atoms with Crippen LogP contribution in [-0.2, 0) is 9.53 Å². The second-order valence-corrected chi connectivity index (χ2v) is 5.76. The van der Waals surface area contributed by atoms with E-state index >= 15 is 0 Å². The van der Waals surface area contributed by atoms with E-state index < -0.39 is 6.10 Å². The third kappa shape index (κ3) is 5.23. The number of nitrogens with zero attached hydrogens (tertiary/aromatic N) is 1. The fraction of sp³-hybridized carbons (Fsp3) is 0.533. The predicted molar refractivity (Wildman–Crippen MR) is 82.4 cm³/mol. The molecule has 0 aliphatic heterocycles. The van der Waals surface area contributed by atoms with Gasteiger partial charge in [-0.3, -0.25) is 9.69 Å². The first-order valence-corrected chi connectivity index (χ1v) is 7.51. The summed E-state index contributed by atoms with van der Waals surface area (Å²) in [6.07, 6.45) is -0.562. The van der Waals surface area contributed by atoms with Gasteiger partial charge in [-0.25, -0.2) is 0 Å². The Hall–Kier alpha value is -0.910. The third-order valence-electron chi connectivity index (χ3n) is 3.27. The molecule has 5 heteroatoms. The Balaban J connectivity index is 2.59. The Kier molecular flexibility index (Phi) is 7.19. The normalized spacial score (nSPS) is 14.1. The zero-order chi connectivity index (χ0) is 15.1.